The average Bonchev–Trinajstić information content (AvgIpc) is 2.70. The molecule has 0 aliphatic carbocycles. The third kappa shape index (κ3) is 3.27. The summed E-state index contributed by atoms with van der Waals surface area (Å²) >= 11 is 4.95. The normalized spacial score (nSPS) is 10.3. The largest absolute Gasteiger partial charge is 0.368 e. The van der Waals surface area contributed by atoms with Crippen LogP contribution < -0.4 is 11.1 Å². The average molecular weight is 327 g/mol. The van der Waals surface area contributed by atoms with Gasteiger partial charge in [0.15, 0.2) is 0 Å². The minimum Gasteiger partial charge on any atom is -0.368 e. The molecule has 0 aromatic carbocycles. The molecule has 0 saturated heterocycles. The molecule has 0 fully saturated rings. The summed E-state index contributed by atoms with van der Waals surface area (Å²) in [5, 5.41) is 2.79. The number of halogens is 1. The molecule has 7 heteroatoms. The number of carbonyl (C=O) groups excluding carboxylic acids is 1. The Morgan fingerprint density at radius 1 is 1.50 bits per heavy atom. The van der Waals surface area contributed by atoms with Gasteiger partial charge in [0, 0.05) is 10.6 Å². The predicted molar refractivity (Wildman–Crippen MR) is 74.4 cm³/mol. The molecule has 2 rings (SSSR count). The van der Waals surface area contributed by atoms with E-state index in [-0.39, 0.29) is 17.5 Å². The summed E-state index contributed by atoms with van der Waals surface area (Å²) < 4.78 is 1.04. The number of nitrogens with two attached hydrogens (primary N) is 1. The van der Waals surface area contributed by atoms with Crippen LogP contribution in [-0.2, 0) is 6.54 Å². The number of carbonyl (C=O) groups is 1. The molecule has 1 amide bonds. The minimum absolute atomic E-state index is 0.110. The number of nitrogens with zero attached hydrogens (tertiary/aromatic N) is 2. The first-order valence-corrected chi connectivity index (χ1v) is 6.79. The molecule has 0 spiro atoms. The van der Waals surface area contributed by atoms with Gasteiger partial charge in [-0.3, -0.25) is 4.79 Å². The number of rotatable bonds is 3. The summed E-state index contributed by atoms with van der Waals surface area (Å²) in [4.78, 5) is 20.8. The Balaban J connectivity index is 2.03. The molecule has 0 unspecified atom stereocenters. The summed E-state index contributed by atoms with van der Waals surface area (Å²) in [5.41, 5.74) is 6.46. The Morgan fingerprint density at radius 2 is 2.28 bits per heavy atom. The van der Waals surface area contributed by atoms with E-state index in [1.165, 1.54) is 0 Å². The van der Waals surface area contributed by atoms with Crippen molar-refractivity contribution < 1.29 is 4.79 Å². The van der Waals surface area contributed by atoms with Gasteiger partial charge in [0.1, 0.15) is 5.69 Å². The Labute approximate surface area is 117 Å². The number of anilines is 1. The second-order valence-electron chi connectivity index (χ2n) is 3.64. The zero-order chi connectivity index (χ0) is 13.1. The van der Waals surface area contributed by atoms with E-state index >= 15 is 0 Å². The molecule has 0 bridgehead atoms. The minimum atomic E-state index is -0.253. The van der Waals surface area contributed by atoms with Crippen molar-refractivity contribution in [1.29, 1.82) is 0 Å². The molecule has 0 atom stereocenters. The predicted octanol–water partition coefficient (Wildman–Crippen LogP) is 2.12. The van der Waals surface area contributed by atoms with Crippen molar-refractivity contribution in [1.82, 2.24) is 15.3 Å². The van der Waals surface area contributed by atoms with Gasteiger partial charge in [-0.2, -0.15) is 0 Å². The van der Waals surface area contributed by atoms with Gasteiger partial charge in [-0.1, -0.05) is 0 Å². The molecule has 0 radical (unpaired) electrons. The number of aryl methyl sites for hydroxylation is 1. The quantitative estimate of drug-likeness (QED) is 0.905. The van der Waals surface area contributed by atoms with Crippen LogP contribution in [0, 0.1) is 6.92 Å². The topological polar surface area (TPSA) is 80.9 Å². The van der Waals surface area contributed by atoms with Crippen molar-refractivity contribution in [2.45, 2.75) is 13.5 Å². The highest BCUT2D eigenvalue weighted by Crippen LogP contribution is 2.21. The zero-order valence-corrected chi connectivity index (χ0v) is 12.0. The first-order valence-electron chi connectivity index (χ1n) is 5.18. The fourth-order valence-corrected chi connectivity index (χ4v) is 2.84. The molecular formula is C11H11BrN4OS. The van der Waals surface area contributed by atoms with Gasteiger partial charge < -0.3 is 11.1 Å². The maximum Gasteiger partial charge on any atom is 0.270 e. The molecular weight excluding hydrogens is 316 g/mol. The summed E-state index contributed by atoms with van der Waals surface area (Å²) in [5.74, 6) is -0.143. The van der Waals surface area contributed by atoms with Crippen molar-refractivity contribution >= 4 is 39.1 Å². The number of hydrogen-bond acceptors (Lipinski definition) is 5. The number of nitrogen functional groups attached to an aromatic ring is 1. The standard InChI is InChI=1S/C11H11BrN4OS/c1-6-4-8(16-11(13)15-6)10(17)14-5-7-2-3-9(12)18-7/h2-4H,5H2,1H3,(H,14,17)(H2,13,15,16). The highest BCUT2D eigenvalue weighted by Gasteiger charge is 2.09. The second kappa shape index (κ2) is 5.45. The summed E-state index contributed by atoms with van der Waals surface area (Å²) in [6.07, 6.45) is 0. The van der Waals surface area contributed by atoms with Crippen LogP contribution >= 0.6 is 27.3 Å². The molecule has 0 aliphatic rings. The number of amides is 1. The highest BCUT2D eigenvalue weighted by atomic mass is 79.9. The summed E-state index contributed by atoms with van der Waals surface area (Å²) in [6.45, 7) is 2.24. The zero-order valence-electron chi connectivity index (χ0n) is 9.61. The summed E-state index contributed by atoms with van der Waals surface area (Å²) in [6, 6.07) is 5.50. The van der Waals surface area contributed by atoms with Crippen molar-refractivity contribution in [3.8, 4) is 0 Å². The Hall–Kier alpha value is -1.47. The maximum absolute atomic E-state index is 11.9. The first-order chi connectivity index (χ1) is 8.54. The van der Waals surface area contributed by atoms with E-state index < -0.39 is 0 Å². The van der Waals surface area contributed by atoms with Crippen molar-refractivity contribution in [3.63, 3.8) is 0 Å². The van der Waals surface area contributed by atoms with E-state index in [0.29, 0.717) is 12.2 Å². The Bertz CT molecular complexity index is 564. The monoisotopic (exact) mass is 326 g/mol. The number of thiophene rings is 1. The lowest BCUT2D eigenvalue weighted by molar-refractivity contribution is 0.0946. The third-order valence-electron chi connectivity index (χ3n) is 2.16. The van der Waals surface area contributed by atoms with Crippen LogP contribution in [0.3, 0.4) is 0 Å². The van der Waals surface area contributed by atoms with Crippen molar-refractivity contribution in [2.24, 2.45) is 0 Å². The van der Waals surface area contributed by atoms with Crippen molar-refractivity contribution in [2.75, 3.05) is 5.73 Å². The van der Waals surface area contributed by atoms with Gasteiger partial charge in [-0.15, -0.1) is 11.3 Å². The third-order valence-corrected chi connectivity index (χ3v) is 3.78. The maximum atomic E-state index is 11.9. The van der Waals surface area contributed by atoms with Crippen LogP contribution in [0.2, 0.25) is 0 Å². The van der Waals surface area contributed by atoms with Gasteiger partial charge >= 0.3 is 0 Å². The molecule has 3 N–H and O–H groups in total. The molecule has 2 heterocycles. The lowest BCUT2D eigenvalue weighted by Crippen LogP contribution is -2.24. The van der Waals surface area contributed by atoms with E-state index in [1.807, 2.05) is 12.1 Å². The fraction of sp³-hybridized carbons (Fsp3) is 0.182. The summed E-state index contributed by atoms with van der Waals surface area (Å²) in [7, 11) is 0. The second-order valence-corrected chi connectivity index (χ2v) is 6.19. The molecule has 2 aromatic rings. The van der Waals surface area contributed by atoms with E-state index in [1.54, 1.807) is 24.3 Å². The SMILES string of the molecule is Cc1cc(C(=O)NCc2ccc(Br)s2)nc(N)n1. The van der Waals surface area contributed by atoms with Crippen LogP contribution in [0.1, 0.15) is 21.1 Å². The lowest BCUT2D eigenvalue weighted by Gasteiger charge is -2.04. The van der Waals surface area contributed by atoms with Crippen molar-refractivity contribution in [3.05, 3.63) is 38.3 Å². The molecule has 94 valence electrons. The fourth-order valence-electron chi connectivity index (χ4n) is 1.41. The Morgan fingerprint density at radius 3 is 2.89 bits per heavy atom. The van der Waals surface area contributed by atoms with Gasteiger partial charge in [0.25, 0.3) is 5.91 Å². The molecule has 5 nitrogen and oxygen atoms in total. The molecule has 2 aromatic heterocycles. The number of aromatic nitrogens is 2. The Kier molecular flexibility index (Phi) is 3.93. The number of nitrogens with one attached hydrogen (secondary N) is 1. The van der Waals surface area contributed by atoms with Crippen LogP contribution in [0.25, 0.3) is 0 Å². The van der Waals surface area contributed by atoms with E-state index in [9.17, 15) is 4.79 Å². The van der Waals surface area contributed by atoms with Crippen LogP contribution in [0.15, 0.2) is 22.0 Å². The number of hydrogen-bond donors (Lipinski definition) is 2. The van der Waals surface area contributed by atoms with Gasteiger partial charge in [0.05, 0.1) is 10.3 Å². The first kappa shape index (κ1) is 13.0. The molecule has 0 aliphatic heterocycles. The molecule has 18 heavy (non-hydrogen) atoms. The lowest BCUT2D eigenvalue weighted by atomic mass is 10.3. The van der Waals surface area contributed by atoms with E-state index in [2.05, 4.69) is 31.2 Å². The van der Waals surface area contributed by atoms with Crippen LogP contribution in [-0.4, -0.2) is 15.9 Å². The van der Waals surface area contributed by atoms with E-state index in [4.69, 9.17) is 5.73 Å². The molecule has 0 saturated carbocycles. The van der Waals surface area contributed by atoms with Gasteiger partial charge in [0.2, 0.25) is 5.95 Å². The smallest absolute Gasteiger partial charge is 0.270 e. The van der Waals surface area contributed by atoms with E-state index in [0.717, 1.165) is 8.66 Å². The van der Waals surface area contributed by atoms with Crippen LogP contribution in [0.4, 0.5) is 5.95 Å². The van der Waals surface area contributed by atoms with Gasteiger partial charge in [-0.25, -0.2) is 9.97 Å². The van der Waals surface area contributed by atoms with Gasteiger partial charge in [-0.05, 0) is 41.1 Å². The highest BCUT2D eigenvalue weighted by molar-refractivity contribution is 9.11. The van der Waals surface area contributed by atoms with Crippen LogP contribution in [0.5, 0.6) is 0 Å².